The second-order valence-electron chi connectivity index (χ2n) is 6.91. The maximum atomic E-state index is 13.1. The summed E-state index contributed by atoms with van der Waals surface area (Å²) in [7, 11) is 1.53. The third-order valence-corrected chi connectivity index (χ3v) is 5.24. The number of halogens is 1. The first-order valence-electron chi connectivity index (χ1n) is 9.82. The van der Waals surface area contributed by atoms with Crippen molar-refractivity contribution in [2.45, 2.75) is 20.3 Å². The van der Waals surface area contributed by atoms with Gasteiger partial charge in [-0.3, -0.25) is 14.5 Å². The van der Waals surface area contributed by atoms with Crippen molar-refractivity contribution in [3.63, 3.8) is 0 Å². The van der Waals surface area contributed by atoms with Gasteiger partial charge in [-0.25, -0.2) is 0 Å². The third-order valence-electron chi connectivity index (χ3n) is 4.83. The quantitative estimate of drug-likeness (QED) is 0.604. The van der Waals surface area contributed by atoms with Crippen molar-refractivity contribution in [2.24, 2.45) is 0 Å². The van der Waals surface area contributed by atoms with Crippen molar-refractivity contribution < 1.29 is 19.1 Å². The zero-order chi connectivity index (χ0) is 21.7. The summed E-state index contributed by atoms with van der Waals surface area (Å²) < 4.78 is 10.7. The molecule has 0 aliphatic carbocycles. The van der Waals surface area contributed by atoms with E-state index >= 15 is 0 Å². The van der Waals surface area contributed by atoms with E-state index in [-0.39, 0.29) is 24.8 Å². The molecule has 7 heteroatoms. The van der Waals surface area contributed by atoms with Crippen LogP contribution in [0.3, 0.4) is 0 Å². The molecule has 1 aliphatic rings. The van der Waals surface area contributed by atoms with Gasteiger partial charge in [-0.15, -0.1) is 0 Å². The summed E-state index contributed by atoms with van der Waals surface area (Å²) in [6.45, 7) is 4.94. The van der Waals surface area contributed by atoms with Crippen molar-refractivity contribution >= 4 is 34.7 Å². The molecule has 0 radical (unpaired) electrons. The van der Waals surface area contributed by atoms with Crippen LogP contribution in [0.2, 0.25) is 5.02 Å². The lowest BCUT2D eigenvalue weighted by atomic mass is 10.0. The molecule has 1 N–H and O–H groups in total. The maximum Gasteiger partial charge on any atom is 0.278 e. The van der Waals surface area contributed by atoms with Gasteiger partial charge < -0.3 is 14.8 Å². The van der Waals surface area contributed by atoms with Gasteiger partial charge >= 0.3 is 0 Å². The molecule has 0 unspecified atom stereocenters. The van der Waals surface area contributed by atoms with E-state index < -0.39 is 5.91 Å². The number of methoxy groups -OCH3 is 1. The predicted molar refractivity (Wildman–Crippen MR) is 118 cm³/mol. The van der Waals surface area contributed by atoms with E-state index in [0.29, 0.717) is 28.5 Å². The van der Waals surface area contributed by atoms with Crippen LogP contribution in [0.1, 0.15) is 24.5 Å². The highest BCUT2D eigenvalue weighted by Crippen LogP contribution is 2.33. The summed E-state index contributed by atoms with van der Waals surface area (Å²) in [5.41, 5.74) is 2.65. The van der Waals surface area contributed by atoms with E-state index in [0.717, 1.165) is 17.7 Å². The Morgan fingerprint density at radius 2 is 1.77 bits per heavy atom. The molecule has 0 aromatic heterocycles. The average Bonchev–Trinajstić information content (AvgIpc) is 2.98. The second-order valence-corrected chi connectivity index (χ2v) is 7.32. The van der Waals surface area contributed by atoms with Crippen LogP contribution in [0.4, 0.5) is 5.69 Å². The first-order chi connectivity index (χ1) is 14.5. The van der Waals surface area contributed by atoms with Crippen LogP contribution in [0.25, 0.3) is 5.57 Å². The van der Waals surface area contributed by atoms with Crippen LogP contribution >= 0.6 is 11.6 Å². The van der Waals surface area contributed by atoms with Crippen LogP contribution in [0.5, 0.6) is 5.75 Å². The number of nitrogens with one attached hydrogen (secondary N) is 1. The van der Waals surface area contributed by atoms with E-state index in [1.165, 1.54) is 12.0 Å². The molecule has 30 heavy (non-hydrogen) atoms. The Hall–Kier alpha value is -2.83. The molecule has 1 aliphatic heterocycles. The summed E-state index contributed by atoms with van der Waals surface area (Å²) in [6.07, 6.45) is 0.904. The van der Waals surface area contributed by atoms with Crippen molar-refractivity contribution in [3.05, 3.63) is 64.3 Å². The van der Waals surface area contributed by atoms with Gasteiger partial charge in [0.1, 0.15) is 11.4 Å². The zero-order valence-corrected chi connectivity index (χ0v) is 18.1. The van der Waals surface area contributed by atoms with Crippen molar-refractivity contribution in [2.75, 3.05) is 32.2 Å². The number of hydrogen-bond donors (Lipinski definition) is 1. The van der Waals surface area contributed by atoms with Gasteiger partial charge in [0.05, 0.1) is 25.3 Å². The number of imide groups is 1. The highest BCUT2D eigenvalue weighted by atomic mass is 35.5. The number of carbonyl (C=O) groups is 2. The Labute approximate surface area is 181 Å². The number of benzene rings is 2. The van der Waals surface area contributed by atoms with E-state index in [1.54, 1.807) is 36.4 Å². The minimum Gasteiger partial charge on any atom is -0.494 e. The van der Waals surface area contributed by atoms with Gasteiger partial charge in [0.15, 0.2) is 0 Å². The Balaban J connectivity index is 2.01. The summed E-state index contributed by atoms with van der Waals surface area (Å²) in [4.78, 5) is 27.4. The van der Waals surface area contributed by atoms with Crippen LogP contribution in [0, 0.1) is 6.92 Å². The Morgan fingerprint density at radius 3 is 2.43 bits per heavy atom. The molecule has 0 saturated carbocycles. The molecule has 3 rings (SSSR count). The molecule has 2 aromatic rings. The van der Waals surface area contributed by atoms with Gasteiger partial charge in [-0.05, 0) is 48.7 Å². The molecule has 2 amide bonds. The molecule has 0 spiro atoms. The highest BCUT2D eigenvalue weighted by Gasteiger charge is 2.39. The Bertz CT molecular complexity index is 970. The number of amides is 2. The highest BCUT2D eigenvalue weighted by molar-refractivity contribution is 6.36. The SMILES string of the molecule is CCCOc1ccc(C2=C(Nc3cccc(Cl)c3C)C(=O)N(CCOC)C2=O)cc1. The first kappa shape index (κ1) is 21.9. The minimum absolute atomic E-state index is 0.176. The normalized spacial score (nSPS) is 13.9. The number of rotatable bonds is 9. The first-order valence-corrected chi connectivity index (χ1v) is 10.2. The molecule has 6 nitrogen and oxygen atoms in total. The van der Waals surface area contributed by atoms with Gasteiger partial charge in [-0.1, -0.05) is 36.7 Å². The Morgan fingerprint density at radius 1 is 1.03 bits per heavy atom. The summed E-state index contributed by atoms with van der Waals surface area (Å²) >= 11 is 6.23. The minimum atomic E-state index is -0.391. The number of anilines is 1. The van der Waals surface area contributed by atoms with Gasteiger partial charge in [0.2, 0.25) is 0 Å². The largest absolute Gasteiger partial charge is 0.494 e. The van der Waals surface area contributed by atoms with Gasteiger partial charge in [0, 0.05) is 17.8 Å². The summed E-state index contributed by atoms with van der Waals surface area (Å²) in [5.74, 6) is -0.0337. The molecule has 0 fully saturated rings. The van der Waals surface area contributed by atoms with Crippen LogP contribution < -0.4 is 10.1 Å². The lowest BCUT2D eigenvalue weighted by Crippen LogP contribution is -2.35. The fraction of sp³-hybridized carbons (Fsp3) is 0.304. The number of carbonyl (C=O) groups excluding carboxylic acids is 2. The maximum absolute atomic E-state index is 13.1. The molecule has 1 heterocycles. The number of hydrogen-bond acceptors (Lipinski definition) is 5. The molecule has 0 atom stereocenters. The van der Waals surface area contributed by atoms with E-state index in [2.05, 4.69) is 5.32 Å². The van der Waals surface area contributed by atoms with Gasteiger partial charge in [0.25, 0.3) is 11.8 Å². The third kappa shape index (κ3) is 4.50. The van der Waals surface area contributed by atoms with Crippen molar-refractivity contribution in [3.8, 4) is 5.75 Å². The van der Waals surface area contributed by atoms with E-state index in [9.17, 15) is 9.59 Å². The van der Waals surface area contributed by atoms with Crippen molar-refractivity contribution in [1.29, 1.82) is 0 Å². The monoisotopic (exact) mass is 428 g/mol. The smallest absolute Gasteiger partial charge is 0.278 e. The fourth-order valence-corrected chi connectivity index (χ4v) is 3.34. The Kier molecular flexibility index (Phi) is 7.13. The topological polar surface area (TPSA) is 67.9 Å². The lowest BCUT2D eigenvalue weighted by Gasteiger charge is -2.15. The molecule has 0 bridgehead atoms. The molecular formula is C23H25ClN2O4. The fourth-order valence-electron chi connectivity index (χ4n) is 3.16. The van der Waals surface area contributed by atoms with Crippen LogP contribution in [-0.2, 0) is 14.3 Å². The predicted octanol–water partition coefficient (Wildman–Crippen LogP) is 4.28. The molecular weight excluding hydrogens is 404 g/mol. The summed E-state index contributed by atoms with van der Waals surface area (Å²) in [6, 6.07) is 12.6. The van der Waals surface area contributed by atoms with Crippen molar-refractivity contribution in [1.82, 2.24) is 4.90 Å². The molecule has 2 aromatic carbocycles. The zero-order valence-electron chi connectivity index (χ0n) is 17.3. The number of ether oxygens (including phenoxy) is 2. The average molecular weight is 429 g/mol. The molecule has 158 valence electrons. The van der Waals surface area contributed by atoms with E-state index in [4.69, 9.17) is 21.1 Å². The van der Waals surface area contributed by atoms with E-state index in [1.807, 2.05) is 19.9 Å². The molecule has 0 saturated heterocycles. The number of nitrogens with zero attached hydrogens (tertiary/aromatic N) is 1. The lowest BCUT2D eigenvalue weighted by molar-refractivity contribution is -0.137. The second kappa shape index (κ2) is 9.78. The summed E-state index contributed by atoms with van der Waals surface area (Å²) in [5, 5.41) is 3.72. The van der Waals surface area contributed by atoms with Crippen LogP contribution in [0.15, 0.2) is 48.2 Å². The standard InChI is InChI=1S/C23H25ClN2O4/c1-4-13-30-17-10-8-16(9-11-17)20-21(23(28)26(22(20)27)12-14-29-3)25-19-7-5-6-18(24)15(19)2/h5-11,25H,4,12-14H2,1-3H3. The van der Waals surface area contributed by atoms with Gasteiger partial charge in [-0.2, -0.15) is 0 Å². The van der Waals surface area contributed by atoms with Crippen LogP contribution in [-0.4, -0.2) is 43.6 Å².